The van der Waals surface area contributed by atoms with Crippen molar-refractivity contribution in [2.75, 3.05) is 37.0 Å². The number of nitrogens with one attached hydrogen (secondary N) is 1. The molecule has 6 heteroatoms. The van der Waals surface area contributed by atoms with Crippen LogP contribution in [-0.2, 0) is 21.8 Å². The Kier molecular flexibility index (Phi) is 6.91. The van der Waals surface area contributed by atoms with Crippen molar-refractivity contribution in [1.82, 2.24) is 10.3 Å². The van der Waals surface area contributed by atoms with Crippen LogP contribution in [-0.4, -0.2) is 42.9 Å². The zero-order chi connectivity index (χ0) is 18.2. The molecule has 0 bridgehead atoms. The van der Waals surface area contributed by atoms with Crippen molar-refractivity contribution in [3.8, 4) is 0 Å². The summed E-state index contributed by atoms with van der Waals surface area (Å²) in [5.41, 5.74) is 3.55. The van der Waals surface area contributed by atoms with E-state index in [-0.39, 0.29) is 5.91 Å². The molecule has 0 spiro atoms. The van der Waals surface area contributed by atoms with E-state index in [1.165, 1.54) is 11.1 Å². The second kappa shape index (κ2) is 9.59. The third-order valence-electron chi connectivity index (χ3n) is 4.24. The van der Waals surface area contributed by atoms with E-state index in [1.807, 2.05) is 12.1 Å². The van der Waals surface area contributed by atoms with E-state index in [0.717, 1.165) is 43.4 Å². The lowest BCUT2D eigenvalue weighted by Gasteiger charge is -2.29. The predicted molar refractivity (Wildman–Crippen MR) is 106 cm³/mol. The number of ether oxygens (including phenoxy) is 1. The van der Waals surface area contributed by atoms with Crippen LogP contribution >= 0.6 is 11.8 Å². The highest BCUT2D eigenvalue weighted by atomic mass is 32.2. The van der Waals surface area contributed by atoms with Gasteiger partial charge in [-0.05, 0) is 18.6 Å². The first-order chi connectivity index (χ1) is 12.7. The fourth-order valence-electron chi connectivity index (χ4n) is 2.94. The maximum absolute atomic E-state index is 12.2. The quantitative estimate of drug-likeness (QED) is 0.811. The van der Waals surface area contributed by atoms with Gasteiger partial charge in [0, 0.05) is 37.1 Å². The molecule has 1 fully saturated rings. The summed E-state index contributed by atoms with van der Waals surface area (Å²) in [5.74, 6) is 2.31. The van der Waals surface area contributed by atoms with Gasteiger partial charge in [-0.25, -0.2) is 4.98 Å². The van der Waals surface area contributed by atoms with Gasteiger partial charge in [-0.15, -0.1) is 11.8 Å². The van der Waals surface area contributed by atoms with E-state index in [0.29, 0.717) is 12.3 Å². The number of benzene rings is 1. The zero-order valence-electron chi connectivity index (χ0n) is 15.1. The van der Waals surface area contributed by atoms with Crippen LogP contribution in [0.2, 0.25) is 0 Å². The Hall–Kier alpha value is -2.05. The van der Waals surface area contributed by atoms with Crippen molar-refractivity contribution in [2.45, 2.75) is 19.2 Å². The number of hydrogen-bond donors (Lipinski definition) is 1. The molecule has 2 aromatic rings. The smallest absolute Gasteiger partial charge is 0.230 e. The normalized spacial score (nSPS) is 14.3. The van der Waals surface area contributed by atoms with Crippen molar-refractivity contribution < 1.29 is 9.53 Å². The number of pyridine rings is 1. The Bertz CT molecular complexity index is 733. The summed E-state index contributed by atoms with van der Waals surface area (Å²) < 4.78 is 5.41. The molecule has 26 heavy (non-hydrogen) atoms. The molecule has 1 saturated heterocycles. The number of carbonyl (C=O) groups excluding carboxylic acids is 1. The van der Waals surface area contributed by atoms with Crippen molar-refractivity contribution in [3.63, 3.8) is 0 Å². The van der Waals surface area contributed by atoms with Crippen LogP contribution < -0.4 is 10.2 Å². The van der Waals surface area contributed by atoms with E-state index in [4.69, 9.17) is 4.74 Å². The monoisotopic (exact) mass is 371 g/mol. The van der Waals surface area contributed by atoms with Crippen LogP contribution in [0, 0.1) is 6.92 Å². The molecule has 2 heterocycles. The molecule has 0 saturated carbocycles. The molecule has 1 amide bonds. The topological polar surface area (TPSA) is 54.5 Å². The third kappa shape index (κ3) is 5.47. The standard InChI is InChI=1S/C20H25N3O2S/c1-16-4-2-5-17(12-16)14-26-15-19(24)22-13-18-6-3-7-21-20(18)23-8-10-25-11-9-23/h2-7,12H,8-11,13-15H2,1H3,(H,22,24). The lowest BCUT2D eigenvalue weighted by Crippen LogP contribution is -2.38. The number of carbonyl (C=O) groups is 1. The van der Waals surface area contributed by atoms with E-state index < -0.39 is 0 Å². The molecule has 138 valence electrons. The molecule has 0 aliphatic carbocycles. The molecular formula is C20H25N3O2S. The van der Waals surface area contributed by atoms with Gasteiger partial charge in [0.15, 0.2) is 0 Å². The highest BCUT2D eigenvalue weighted by Gasteiger charge is 2.16. The maximum atomic E-state index is 12.2. The molecule has 5 nitrogen and oxygen atoms in total. The number of aryl methyl sites for hydroxylation is 1. The van der Waals surface area contributed by atoms with Crippen LogP contribution in [0.1, 0.15) is 16.7 Å². The molecule has 1 aliphatic heterocycles. The van der Waals surface area contributed by atoms with Crippen LogP contribution in [0.15, 0.2) is 42.6 Å². The number of amides is 1. The number of rotatable bonds is 7. The van der Waals surface area contributed by atoms with Crippen molar-refractivity contribution in [1.29, 1.82) is 0 Å². The number of thioether (sulfide) groups is 1. The Morgan fingerprint density at radius 2 is 2.12 bits per heavy atom. The van der Waals surface area contributed by atoms with Gasteiger partial charge in [-0.2, -0.15) is 0 Å². The fraction of sp³-hybridized carbons (Fsp3) is 0.400. The minimum atomic E-state index is 0.0550. The summed E-state index contributed by atoms with van der Waals surface area (Å²) in [4.78, 5) is 18.9. The van der Waals surface area contributed by atoms with Gasteiger partial charge < -0.3 is 15.0 Å². The fourth-order valence-corrected chi connectivity index (χ4v) is 3.74. The van der Waals surface area contributed by atoms with Gasteiger partial charge in [-0.3, -0.25) is 4.79 Å². The SMILES string of the molecule is Cc1cccc(CSCC(=O)NCc2cccnc2N2CCOCC2)c1. The first-order valence-corrected chi connectivity index (χ1v) is 10.0. The van der Waals surface area contributed by atoms with E-state index in [1.54, 1.807) is 18.0 Å². The molecule has 0 unspecified atom stereocenters. The average molecular weight is 372 g/mol. The first kappa shape index (κ1) is 18.7. The van der Waals surface area contributed by atoms with Gasteiger partial charge in [0.1, 0.15) is 5.82 Å². The zero-order valence-corrected chi connectivity index (χ0v) is 15.9. The maximum Gasteiger partial charge on any atom is 0.230 e. The molecule has 1 aliphatic rings. The summed E-state index contributed by atoms with van der Waals surface area (Å²) in [5, 5.41) is 3.02. The molecule has 0 radical (unpaired) electrons. The van der Waals surface area contributed by atoms with Crippen LogP contribution in [0.4, 0.5) is 5.82 Å². The highest BCUT2D eigenvalue weighted by Crippen LogP contribution is 2.18. The summed E-state index contributed by atoms with van der Waals surface area (Å²) in [6.07, 6.45) is 1.80. The van der Waals surface area contributed by atoms with Crippen LogP contribution in [0.3, 0.4) is 0 Å². The van der Waals surface area contributed by atoms with E-state index in [2.05, 4.69) is 46.4 Å². The lowest BCUT2D eigenvalue weighted by molar-refractivity contribution is -0.118. The summed E-state index contributed by atoms with van der Waals surface area (Å²) in [6, 6.07) is 12.3. The van der Waals surface area contributed by atoms with Crippen LogP contribution in [0.5, 0.6) is 0 Å². The van der Waals surface area contributed by atoms with Crippen LogP contribution in [0.25, 0.3) is 0 Å². The highest BCUT2D eigenvalue weighted by molar-refractivity contribution is 7.99. The molecule has 3 rings (SSSR count). The molecule has 1 aromatic carbocycles. The Morgan fingerprint density at radius 3 is 2.92 bits per heavy atom. The second-order valence-corrected chi connectivity index (χ2v) is 7.33. The second-order valence-electron chi connectivity index (χ2n) is 6.34. The molecule has 0 atom stereocenters. The average Bonchev–Trinajstić information content (AvgIpc) is 2.67. The molecular weight excluding hydrogens is 346 g/mol. The summed E-state index contributed by atoms with van der Waals surface area (Å²) in [7, 11) is 0. The number of aromatic nitrogens is 1. The van der Waals surface area contributed by atoms with E-state index >= 15 is 0 Å². The third-order valence-corrected chi connectivity index (χ3v) is 5.24. The number of anilines is 1. The number of nitrogens with zero attached hydrogens (tertiary/aromatic N) is 2. The number of morpholine rings is 1. The first-order valence-electron chi connectivity index (χ1n) is 8.89. The van der Waals surface area contributed by atoms with E-state index in [9.17, 15) is 4.79 Å². The lowest BCUT2D eigenvalue weighted by atomic mass is 10.2. The van der Waals surface area contributed by atoms with Gasteiger partial charge in [0.05, 0.1) is 19.0 Å². The molecule has 1 aromatic heterocycles. The predicted octanol–water partition coefficient (Wildman–Crippen LogP) is 2.78. The minimum absolute atomic E-state index is 0.0550. The van der Waals surface area contributed by atoms with Crippen molar-refractivity contribution in [2.24, 2.45) is 0 Å². The van der Waals surface area contributed by atoms with Gasteiger partial charge in [0.25, 0.3) is 0 Å². The number of hydrogen-bond acceptors (Lipinski definition) is 5. The van der Waals surface area contributed by atoms with Crippen molar-refractivity contribution in [3.05, 3.63) is 59.3 Å². The molecule has 1 N–H and O–H groups in total. The van der Waals surface area contributed by atoms with Gasteiger partial charge >= 0.3 is 0 Å². The Balaban J connectivity index is 1.47. The van der Waals surface area contributed by atoms with Gasteiger partial charge in [0.2, 0.25) is 5.91 Å². The van der Waals surface area contributed by atoms with Gasteiger partial charge in [-0.1, -0.05) is 35.9 Å². The summed E-state index contributed by atoms with van der Waals surface area (Å²) in [6.45, 7) is 5.70. The minimum Gasteiger partial charge on any atom is -0.378 e. The Labute approximate surface area is 159 Å². The largest absolute Gasteiger partial charge is 0.378 e. The van der Waals surface area contributed by atoms with Crippen molar-refractivity contribution >= 4 is 23.5 Å². The Morgan fingerprint density at radius 1 is 1.27 bits per heavy atom. The summed E-state index contributed by atoms with van der Waals surface area (Å²) >= 11 is 1.64.